The third-order valence-corrected chi connectivity index (χ3v) is 2.61. The smallest absolute Gasteiger partial charge is 0.170 e. The number of anilines is 1. The molecule has 0 bridgehead atoms. The molecule has 1 aromatic rings. The number of benzene rings is 1. The second-order valence-electron chi connectivity index (χ2n) is 3.78. The monoisotopic (exact) mass is 286 g/mol. The van der Waals surface area contributed by atoms with Crippen molar-refractivity contribution in [2.45, 2.75) is 13.3 Å². The van der Waals surface area contributed by atoms with Crippen molar-refractivity contribution in [2.24, 2.45) is 0 Å². The molecule has 0 amide bonds. The molecule has 0 aromatic heterocycles. The van der Waals surface area contributed by atoms with Gasteiger partial charge in [0.05, 0.1) is 12.8 Å². The van der Waals surface area contributed by atoms with Gasteiger partial charge >= 0.3 is 0 Å². The van der Waals surface area contributed by atoms with Crippen LogP contribution >= 0.6 is 12.2 Å². The second-order valence-corrected chi connectivity index (χ2v) is 4.18. The van der Waals surface area contributed by atoms with E-state index < -0.39 is 0 Å². The van der Waals surface area contributed by atoms with Gasteiger partial charge in [0, 0.05) is 25.8 Å². The molecule has 2 N–H and O–H groups in total. The topological polar surface area (TPSA) is 42.5 Å². The molecule has 19 heavy (non-hydrogen) atoms. The van der Waals surface area contributed by atoms with Gasteiger partial charge in [-0.05, 0) is 37.7 Å². The van der Waals surface area contributed by atoms with E-state index in [9.17, 15) is 4.39 Å². The molecule has 0 fully saturated rings. The molecule has 1 rings (SSSR count). The van der Waals surface area contributed by atoms with E-state index in [-0.39, 0.29) is 5.82 Å². The third-order valence-electron chi connectivity index (χ3n) is 2.37. The minimum absolute atomic E-state index is 0.349. The Morgan fingerprint density at radius 3 is 2.89 bits per heavy atom. The highest BCUT2D eigenvalue weighted by atomic mass is 32.1. The van der Waals surface area contributed by atoms with Gasteiger partial charge in [0.15, 0.2) is 5.11 Å². The van der Waals surface area contributed by atoms with E-state index >= 15 is 0 Å². The summed E-state index contributed by atoms with van der Waals surface area (Å²) < 4.78 is 23.3. The van der Waals surface area contributed by atoms with E-state index in [1.54, 1.807) is 6.07 Å². The van der Waals surface area contributed by atoms with Crippen molar-refractivity contribution in [2.75, 3.05) is 32.2 Å². The van der Waals surface area contributed by atoms with Gasteiger partial charge in [0.1, 0.15) is 11.6 Å². The van der Waals surface area contributed by atoms with Crippen molar-refractivity contribution in [1.82, 2.24) is 5.32 Å². The molecule has 6 heteroatoms. The van der Waals surface area contributed by atoms with Gasteiger partial charge < -0.3 is 20.1 Å². The molecule has 106 valence electrons. The molecule has 0 radical (unpaired) electrons. The lowest BCUT2D eigenvalue weighted by Crippen LogP contribution is -2.30. The fraction of sp³-hybridized carbons (Fsp3) is 0.462. The first kappa shape index (κ1) is 15.7. The molecule has 0 saturated carbocycles. The number of thiocarbonyl (C=S) groups is 1. The molecule has 0 saturated heterocycles. The van der Waals surface area contributed by atoms with Crippen LogP contribution in [-0.2, 0) is 4.74 Å². The number of hydrogen-bond acceptors (Lipinski definition) is 3. The quantitative estimate of drug-likeness (QED) is 0.595. The van der Waals surface area contributed by atoms with Crippen molar-refractivity contribution in [3.63, 3.8) is 0 Å². The van der Waals surface area contributed by atoms with Crippen molar-refractivity contribution >= 4 is 23.0 Å². The molecule has 0 unspecified atom stereocenters. The number of ether oxygens (including phenoxy) is 2. The van der Waals surface area contributed by atoms with Crippen LogP contribution in [0, 0.1) is 5.82 Å². The number of halogens is 1. The van der Waals surface area contributed by atoms with Gasteiger partial charge in [-0.2, -0.15) is 0 Å². The van der Waals surface area contributed by atoms with Gasteiger partial charge in [-0.25, -0.2) is 4.39 Å². The number of methoxy groups -OCH3 is 1. The Kier molecular flexibility index (Phi) is 7.14. The van der Waals surface area contributed by atoms with Gasteiger partial charge in [0.25, 0.3) is 0 Å². The molecule has 1 aromatic carbocycles. The van der Waals surface area contributed by atoms with E-state index in [1.165, 1.54) is 19.2 Å². The van der Waals surface area contributed by atoms with Crippen LogP contribution < -0.4 is 15.4 Å². The number of rotatable bonds is 7. The van der Waals surface area contributed by atoms with E-state index in [0.717, 1.165) is 19.6 Å². The first-order valence-corrected chi connectivity index (χ1v) is 6.54. The largest absolute Gasteiger partial charge is 0.494 e. The van der Waals surface area contributed by atoms with Crippen molar-refractivity contribution in [3.05, 3.63) is 24.0 Å². The van der Waals surface area contributed by atoms with Crippen LogP contribution in [0.1, 0.15) is 13.3 Å². The summed E-state index contributed by atoms with van der Waals surface area (Å²) in [6.45, 7) is 4.09. The molecule has 0 aliphatic rings. The molecule has 4 nitrogen and oxygen atoms in total. The molecule has 0 aliphatic carbocycles. The minimum atomic E-state index is -0.349. The molecule has 0 atom stereocenters. The Bertz CT molecular complexity index is 416. The fourth-order valence-electron chi connectivity index (χ4n) is 1.46. The number of nitrogens with one attached hydrogen (secondary N) is 2. The lowest BCUT2D eigenvalue weighted by molar-refractivity contribution is 0.146. The number of hydrogen-bond donors (Lipinski definition) is 2. The van der Waals surface area contributed by atoms with Crippen molar-refractivity contribution in [3.8, 4) is 5.75 Å². The average molecular weight is 286 g/mol. The highest BCUT2D eigenvalue weighted by Gasteiger charge is 2.05. The summed E-state index contributed by atoms with van der Waals surface area (Å²) in [5, 5.41) is 6.49. The zero-order valence-corrected chi connectivity index (χ0v) is 12.0. The molecular weight excluding hydrogens is 267 g/mol. The maximum absolute atomic E-state index is 13.0. The molecule has 0 heterocycles. The van der Waals surface area contributed by atoms with E-state index in [0.29, 0.717) is 23.2 Å². The van der Waals surface area contributed by atoms with E-state index in [4.69, 9.17) is 21.7 Å². The summed E-state index contributed by atoms with van der Waals surface area (Å²) in [5.41, 5.74) is 0.631. The minimum Gasteiger partial charge on any atom is -0.494 e. The first-order valence-electron chi connectivity index (χ1n) is 6.13. The normalized spacial score (nSPS) is 10.1. The zero-order valence-electron chi connectivity index (χ0n) is 11.2. The maximum atomic E-state index is 13.0. The van der Waals surface area contributed by atoms with E-state index in [2.05, 4.69) is 10.6 Å². The summed E-state index contributed by atoms with van der Waals surface area (Å²) in [6, 6.07) is 4.24. The Morgan fingerprint density at radius 2 is 2.21 bits per heavy atom. The summed E-state index contributed by atoms with van der Waals surface area (Å²) in [4.78, 5) is 0. The van der Waals surface area contributed by atoms with Gasteiger partial charge in [-0.1, -0.05) is 0 Å². The summed E-state index contributed by atoms with van der Waals surface area (Å²) in [5.74, 6) is 0.0662. The summed E-state index contributed by atoms with van der Waals surface area (Å²) in [7, 11) is 1.48. The zero-order chi connectivity index (χ0) is 14.1. The van der Waals surface area contributed by atoms with Crippen LogP contribution in [0.25, 0.3) is 0 Å². The lowest BCUT2D eigenvalue weighted by Gasteiger charge is -2.13. The maximum Gasteiger partial charge on any atom is 0.170 e. The Labute approximate surface area is 118 Å². The fourth-order valence-corrected chi connectivity index (χ4v) is 1.67. The molecular formula is C13H19FN2O2S. The molecule has 0 spiro atoms. The van der Waals surface area contributed by atoms with Gasteiger partial charge in [-0.15, -0.1) is 0 Å². The second kappa shape index (κ2) is 8.66. The Morgan fingerprint density at radius 1 is 1.42 bits per heavy atom. The molecule has 0 aliphatic heterocycles. The van der Waals surface area contributed by atoms with Crippen LogP contribution in [0.4, 0.5) is 10.1 Å². The van der Waals surface area contributed by atoms with Crippen LogP contribution in [0.2, 0.25) is 0 Å². The SMILES string of the molecule is CCOCCCNC(=S)Nc1ccc(F)cc1OC. The lowest BCUT2D eigenvalue weighted by atomic mass is 10.3. The van der Waals surface area contributed by atoms with Crippen molar-refractivity contribution in [1.29, 1.82) is 0 Å². The van der Waals surface area contributed by atoms with Crippen LogP contribution in [0.15, 0.2) is 18.2 Å². The van der Waals surface area contributed by atoms with Gasteiger partial charge in [-0.3, -0.25) is 0 Å². The van der Waals surface area contributed by atoms with Crippen LogP contribution in [0.3, 0.4) is 0 Å². The van der Waals surface area contributed by atoms with E-state index in [1.807, 2.05) is 6.92 Å². The Balaban J connectivity index is 2.39. The summed E-state index contributed by atoms with van der Waals surface area (Å²) >= 11 is 5.14. The van der Waals surface area contributed by atoms with Gasteiger partial charge in [0.2, 0.25) is 0 Å². The Hall–Kier alpha value is -1.40. The first-order chi connectivity index (χ1) is 9.17. The summed E-state index contributed by atoms with van der Waals surface area (Å²) in [6.07, 6.45) is 0.871. The van der Waals surface area contributed by atoms with Crippen LogP contribution in [-0.4, -0.2) is 32.0 Å². The standard InChI is InChI=1S/C13H19FN2O2S/c1-3-18-8-4-7-15-13(19)16-11-6-5-10(14)9-12(11)17-2/h5-6,9H,3-4,7-8H2,1-2H3,(H2,15,16,19). The average Bonchev–Trinajstić information content (AvgIpc) is 2.40. The highest BCUT2D eigenvalue weighted by Crippen LogP contribution is 2.24. The predicted molar refractivity (Wildman–Crippen MR) is 78.3 cm³/mol. The van der Waals surface area contributed by atoms with Crippen molar-refractivity contribution < 1.29 is 13.9 Å². The predicted octanol–water partition coefficient (Wildman–Crippen LogP) is 2.55. The highest BCUT2D eigenvalue weighted by molar-refractivity contribution is 7.80. The third kappa shape index (κ3) is 5.85. The van der Waals surface area contributed by atoms with Crippen LogP contribution in [0.5, 0.6) is 5.75 Å².